The molecule has 1 amide bonds. The van der Waals surface area contributed by atoms with Gasteiger partial charge in [0.1, 0.15) is 17.5 Å². The molecule has 0 bridgehead atoms. The number of carbonyl (C=O) groups is 1. The van der Waals surface area contributed by atoms with Crippen LogP contribution in [0.25, 0.3) is 5.82 Å². The summed E-state index contributed by atoms with van der Waals surface area (Å²) in [5.74, 6) is 1.08. The first kappa shape index (κ1) is 18.8. The van der Waals surface area contributed by atoms with E-state index in [0.29, 0.717) is 30.5 Å². The number of halogens is 2. The molecule has 0 fully saturated rings. The summed E-state index contributed by atoms with van der Waals surface area (Å²) in [6.45, 7) is 2.59. The lowest BCUT2D eigenvalue weighted by molar-refractivity contribution is -0.120. The number of aryl methyl sites for hydroxylation is 1. The van der Waals surface area contributed by atoms with E-state index in [4.69, 9.17) is 11.6 Å². The summed E-state index contributed by atoms with van der Waals surface area (Å²) in [4.78, 5) is 20.6. The first-order chi connectivity index (χ1) is 13.0. The van der Waals surface area contributed by atoms with Gasteiger partial charge in [-0.05, 0) is 25.1 Å². The number of carbonyl (C=O) groups excluding carboxylic acids is 1. The highest BCUT2D eigenvalue weighted by atomic mass is 35.5. The number of benzene rings is 1. The van der Waals surface area contributed by atoms with E-state index in [1.165, 1.54) is 12.1 Å². The Hall–Kier alpha value is -3.00. The van der Waals surface area contributed by atoms with E-state index in [2.05, 4.69) is 25.7 Å². The van der Waals surface area contributed by atoms with Crippen molar-refractivity contribution >= 4 is 23.3 Å². The molecule has 2 heterocycles. The normalized spacial score (nSPS) is 10.6. The van der Waals surface area contributed by atoms with E-state index < -0.39 is 5.82 Å². The summed E-state index contributed by atoms with van der Waals surface area (Å²) < 4.78 is 15.4. The second-order valence-electron chi connectivity index (χ2n) is 5.76. The molecule has 2 N–H and O–H groups in total. The Kier molecular flexibility index (Phi) is 5.97. The highest BCUT2D eigenvalue weighted by Crippen LogP contribution is 2.19. The van der Waals surface area contributed by atoms with Crippen LogP contribution >= 0.6 is 11.6 Å². The van der Waals surface area contributed by atoms with Gasteiger partial charge in [-0.1, -0.05) is 17.7 Å². The summed E-state index contributed by atoms with van der Waals surface area (Å²) >= 11 is 5.93. The van der Waals surface area contributed by atoms with Crippen LogP contribution < -0.4 is 10.6 Å². The van der Waals surface area contributed by atoms with Crippen LogP contribution in [0.5, 0.6) is 0 Å². The number of anilines is 1. The Balaban J connectivity index is 1.51. The molecule has 0 spiro atoms. The zero-order valence-corrected chi connectivity index (χ0v) is 15.4. The topological polar surface area (TPSA) is 84.7 Å². The van der Waals surface area contributed by atoms with Crippen LogP contribution in [0, 0.1) is 12.7 Å². The molecule has 0 radical (unpaired) electrons. The monoisotopic (exact) mass is 388 g/mol. The van der Waals surface area contributed by atoms with E-state index >= 15 is 0 Å². The van der Waals surface area contributed by atoms with Crippen LogP contribution in [-0.4, -0.2) is 38.7 Å². The quantitative estimate of drug-likeness (QED) is 0.607. The average molecular weight is 389 g/mol. The van der Waals surface area contributed by atoms with E-state index in [0.717, 1.165) is 0 Å². The largest absolute Gasteiger partial charge is 0.368 e. The van der Waals surface area contributed by atoms with Crippen LogP contribution in [0.2, 0.25) is 5.02 Å². The van der Waals surface area contributed by atoms with E-state index in [1.807, 2.05) is 6.07 Å². The lowest BCUT2D eigenvalue weighted by Gasteiger charge is -2.10. The average Bonchev–Trinajstić information content (AvgIpc) is 3.16. The predicted molar refractivity (Wildman–Crippen MR) is 101 cm³/mol. The van der Waals surface area contributed by atoms with Crippen LogP contribution in [0.3, 0.4) is 0 Å². The lowest BCUT2D eigenvalue weighted by atomic mass is 10.1. The second-order valence-corrected chi connectivity index (χ2v) is 6.17. The van der Waals surface area contributed by atoms with Crippen molar-refractivity contribution in [1.82, 2.24) is 25.1 Å². The van der Waals surface area contributed by atoms with Gasteiger partial charge in [0.2, 0.25) is 5.91 Å². The van der Waals surface area contributed by atoms with E-state index in [9.17, 15) is 9.18 Å². The Morgan fingerprint density at radius 3 is 2.85 bits per heavy atom. The molecule has 27 heavy (non-hydrogen) atoms. The summed E-state index contributed by atoms with van der Waals surface area (Å²) in [6.07, 6.45) is 3.35. The first-order valence-corrected chi connectivity index (χ1v) is 8.70. The zero-order valence-electron chi connectivity index (χ0n) is 14.6. The molecule has 0 saturated carbocycles. The lowest BCUT2D eigenvalue weighted by Crippen LogP contribution is -2.30. The molecule has 0 aliphatic heterocycles. The van der Waals surface area contributed by atoms with Gasteiger partial charge in [0.15, 0.2) is 5.82 Å². The molecule has 1 aromatic carbocycles. The van der Waals surface area contributed by atoms with Crippen molar-refractivity contribution < 1.29 is 9.18 Å². The third-order valence-corrected chi connectivity index (χ3v) is 4.07. The Morgan fingerprint density at radius 1 is 1.26 bits per heavy atom. The molecule has 2 aromatic heterocycles. The Morgan fingerprint density at radius 2 is 2.11 bits per heavy atom. The molecule has 3 rings (SSSR count). The van der Waals surface area contributed by atoms with Crippen molar-refractivity contribution in [1.29, 1.82) is 0 Å². The number of nitrogens with zero attached hydrogens (tertiary/aromatic N) is 4. The van der Waals surface area contributed by atoms with Crippen molar-refractivity contribution in [3.63, 3.8) is 0 Å². The minimum Gasteiger partial charge on any atom is -0.368 e. The van der Waals surface area contributed by atoms with Gasteiger partial charge < -0.3 is 10.6 Å². The summed E-state index contributed by atoms with van der Waals surface area (Å²) in [5, 5.41) is 10.2. The fourth-order valence-corrected chi connectivity index (χ4v) is 2.71. The third kappa shape index (κ3) is 5.01. The molecular formula is C18H18ClFN6O. The number of nitrogens with one attached hydrogen (secondary N) is 2. The van der Waals surface area contributed by atoms with Crippen LogP contribution in [0.1, 0.15) is 11.4 Å². The number of rotatable bonds is 7. The molecule has 140 valence electrons. The maximum Gasteiger partial charge on any atom is 0.224 e. The third-order valence-electron chi connectivity index (χ3n) is 3.72. The highest BCUT2D eigenvalue weighted by Gasteiger charge is 2.11. The fraction of sp³-hybridized carbons (Fsp3) is 0.222. The minimum absolute atomic E-state index is 0.110. The van der Waals surface area contributed by atoms with Crippen molar-refractivity contribution in [2.24, 2.45) is 0 Å². The molecule has 0 aliphatic rings. The van der Waals surface area contributed by atoms with Crippen molar-refractivity contribution in [2.45, 2.75) is 13.3 Å². The van der Waals surface area contributed by atoms with Gasteiger partial charge in [-0.3, -0.25) is 4.79 Å². The van der Waals surface area contributed by atoms with Crippen LogP contribution in [0.4, 0.5) is 10.2 Å². The van der Waals surface area contributed by atoms with Gasteiger partial charge >= 0.3 is 0 Å². The van der Waals surface area contributed by atoms with Gasteiger partial charge in [-0.25, -0.2) is 19.0 Å². The predicted octanol–water partition coefficient (Wildman–Crippen LogP) is 2.53. The fourth-order valence-electron chi connectivity index (χ4n) is 2.48. The molecule has 0 unspecified atom stereocenters. The number of hydrogen-bond acceptors (Lipinski definition) is 5. The maximum absolute atomic E-state index is 13.7. The van der Waals surface area contributed by atoms with Crippen molar-refractivity contribution in [3.8, 4) is 5.82 Å². The SMILES string of the molecule is Cc1nc(NCCNC(=O)Cc2c(F)cccc2Cl)cc(-n2cccn2)n1. The van der Waals surface area contributed by atoms with E-state index in [1.54, 1.807) is 36.1 Å². The molecule has 9 heteroatoms. The molecule has 0 atom stereocenters. The van der Waals surface area contributed by atoms with Crippen LogP contribution in [-0.2, 0) is 11.2 Å². The van der Waals surface area contributed by atoms with Crippen molar-refractivity contribution in [3.05, 3.63) is 65.0 Å². The minimum atomic E-state index is -0.488. The molecular weight excluding hydrogens is 371 g/mol. The first-order valence-electron chi connectivity index (χ1n) is 8.32. The Labute approximate surface area is 160 Å². The molecule has 0 aliphatic carbocycles. The van der Waals surface area contributed by atoms with Gasteiger partial charge in [0.05, 0.1) is 6.42 Å². The standard InChI is InChI=1S/C18H18ClFN6O/c1-12-24-16(11-17(25-12)26-9-3-6-23-26)21-7-8-22-18(27)10-13-14(19)4-2-5-15(13)20/h2-6,9,11H,7-8,10H2,1H3,(H,22,27)(H,21,24,25). The van der Waals surface area contributed by atoms with Gasteiger partial charge in [0, 0.05) is 42.1 Å². The molecule has 0 saturated heterocycles. The Bertz CT molecular complexity index is 911. The summed E-state index contributed by atoms with van der Waals surface area (Å²) in [7, 11) is 0. The summed E-state index contributed by atoms with van der Waals surface area (Å²) in [5.41, 5.74) is 0.194. The van der Waals surface area contributed by atoms with Crippen LogP contribution in [0.15, 0.2) is 42.7 Å². The van der Waals surface area contributed by atoms with Gasteiger partial charge in [-0.2, -0.15) is 5.10 Å². The molecule has 7 nitrogen and oxygen atoms in total. The zero-order chi connectivity index (χ0) is 19.2. The number of amides is 1. The smallest absolute Gasteiger partial charge is 0.224 e. The molecule has 3 aromatic rings. The number of hydrogen-bond donors (Lipinski definition) is 2. The maximum atomic E-state index is 13.7. The second kappa shape index (κ2) is 8.59. The van der Waals surface area contributed by atoms with Gasteiger partial charge in [-0.15, -0.1) is 0 Å². The van der Waals surface area contributed by atoms with Crippen molar-refractivity contribution in [2.75, 3.05) is 18.4 Å². The highest BCUT2D eigenvalue weighted by molar-refractivity contribution is 6.31. The number of aromatic nitrogens is 4. The summed E-state index contributed by atoms with van der Waals surface area (Å²) in [6, 6.07) is 7.92. The van der Waals surface area contributed by atoms with E-state index in [-0.39, 0.29) is 22.9 Å². The van der Waals surface area contributed by atoms with Gasteiger partial charge in [0.25, 0.3) is 0 Å².